The van der Waals surface area contributed by atoms with E-state index in [9.17, 15) is 4.79 Å². The summed E-state index contributed by atoms with van der Waals surface area (Å²) in [5.41, 5.74) is 1.05. The SMILES string of the molecule is C/C=C/C=C/C(=O)NC(C)c1ccc(OCC)cc1. The van der Waals surface area contributed by atoms with Crippen LogP contribution >= 0.6 is 0 Å². The van der Waals surface area contributed by atoms with Crippen LogP contribution in [0.4, 0.5) is 0 Å². The Bertz CT molecular complexity index is 446. The molecular formula is C16H21NO2. The summed E-state index contributed by atoms with van der Waals surface area (Å²) in [4.78, 5) is 11.6. The summed E-state index contributed by atoms with van der Waals surface area (Å²) >= 11 is 0. The van der Waals surface area contributed by atoms with Crippen molar-refractivity contribution >= 4 is 5.91 Å². The molecule has 0 saturated heterocycles. The predicted octanol–water partition coefficient (Wildman–Crippen LogP) is 3.39. The van der Waals surface area contributed by atoms with Gasteiger partial charge in [-0.3, -0.25) is 4.79 Å². The van der Waals surface area contributed by atoms with Crippen molar-refractivity contribution in [3.05, 3.63) is 54.1 Å². The van der Waals surface area contributed by atoms with Crippen LogP contribution in [0.5, 0.6) is 5.75 Å². The zero-order valence-corrected chi connectivity index (χ0v) is 11.7. The largest absolute Gasteiger partial charge is 0.494 e. The Labute approximate surface area is 115 Å². The van der Waals surface area contributed by atoms with Gasteiger partial charge in [0, 0.05) is 6.08 Å². The summed E-state index contributed by atoms with van der Waals surface area (Å²) in [5.74, 6) is 0.747. The first-order valence-corrected chi connectivity index (χ1v) is 6.50. The summed E-state index contributed by atoms with van der Waals surface area (Å²) in [6, 6.07) is 7.73. The summed E-state index contributed by atoms with van der Waals surface area (Å²) < 4.78 is 5.38. The molecule has 1 unspecified atom stereocenters. The number of carbonyl (C=O) groups excluding carboxylic acids is 1. The zero-order valence-electron chi connectivity index (χ0n) is 11.7. The maximum Gasteiger partial charge on any atom is 0.244 e. The van der Waals surface area contributed by atoms with Gasteiger partial charge in [0.1, 0.15) is 5.75 Å². The van der Waals surface area contributed by atoms with E-state index in [1.54, 1.807) is 6.08 Å². The molecule has 19 heavy (non-hydrogen) atoms. The molecule has 0 spiro atoms. The molecule has 1 aromatic carbocycles. The minimum atomic E-state index is -0.0977. The highest BCUT2D eigenvalue weighted by Crippen LogP contribution is 2.17. The van der Waals surface area contributed by atoms with Gasteiger partial charge in [-0.05, 0) is 38.5 Å². The van der Waals surface area contributed by atoms with Crippen LogP contribution in [0.3, 0.4) is 0 Å². The van der Waals surface area contributed by atoms with Gasteiger partial charge in [0.15, 0.2) is 0 Å². The molecule has 102 valence electrons. The second-order valence-electron chi connectivity index (χ2n) is 4.12. The van der Waals surface area contributed by atoms with Crippen molar-refractivity contribution < 1.29 is 9.53 Å². The first kappa shape index (κ1) is 15.0. The Balaban J connectivity index is 2.57. The van der Waals surface area contributed by atoms with Crippen LogP contribution in [0.1, 0.15) is 32.4 Å². The number of hydrogen-bond acceptors (Lipinski definition) is 2. The van der Waals surface area contributed by atoms with E-state index in [4.69, 9.17) is 4.74 Å². The molecule has 0 bridgehead atoms. The highest BCUT2D eigenvalue weighted by molar-refractivity contribution is 5.88. The molecule has 0 fully saturated rings. The highest BCUT2D eigenvalue weighted by Gasteiger charge is 2.07. The lowest BCUT2D eigenvalue weighted by molar-refractivity contribution is -0.117. The van der Waals surface area contributed by atoms with Crippen LogP contribution < -0.4 is 10.1 Å². The summed E-state index contributed by atoms with van der Waals surface area (Å²) in [6.45, 7) is 6.47. The van der Waals surface area contributed by atoms with Crippen molar-refractivity contribution in [2.24, 2.45) is 0 Å². The fourth-order valence-electron chi connectivity index (χ4n) is 1.62. The van der Waals surface area contributed by atoms with Gasteiger partial charge < -0.3 is 10.1 Å². The van der Waals surface area contributed by atoms with E-state index in [1.165, 1.54) is 6.08 Å². The molecule has 0 saturated carbocycles. The molecule has 0 heterocycles. The van der Waals surface area contributed by atoms with Crippen molar-refractivity contribution in [1.82, 2.24) is 5.32 Å². The summed E-state index contributed by atoms with van der Waals surface area (Å²) in [6.07, 6.45) is 6.94. The Morgan fingerprint density at radius 1 is 1.32 bits per heavy atom. The van der Waals surface area contributed by atoms with Crippen LogP contribution in [0, 0.1) is 0 Å². The fraction of sp³-hybridized carbons (Fsp3) is 0.312. The maximum absolute atomic E-state index is 11.6. The number of ether oxygens (including phenoxy) is 1. The van der Waals surface area contributed by atoms with Gasteiger partial charge in [-0.25, -0.2) is 0 Å². The smallest absolute Gasteiger partial charge is 0.244 e. The number of nitrogens with one attached hydrogen (secondary N) is 1. The molecule has 1 amide bonds. The number of hydrogen-bond donors (Lipinski definition) is 1. The Morgan fingerprint density at radius 2 is 2.00 bits per heavy atom. The zero-order chi connectivity index (χ0) is 14.1. The van der Waals surface area contributed by atoms with Crippen molar-refractivity contribution in [3.8, 4) is 5.75 Å². The molecule has 1 aromatic rings. The standard InChI is InChI=1S/C16H21NO2/c1-4-6-7-8-16(18)17-13(3)14-9-11-15(12-10-14)19-5-2/h4,6-13H,5H2,1-3H3,(H,17,18)/b6-4+,8-7+. The van der Waals surface area contributed by atoms with Crippen LogP contribution in [0.25, 0.3) is 0 Å². The van der Waals surface area contributed by atoms with E-state index in [0.717, 1.165) is 11.3 Å². The molecule has 1 N–H and O–H groups in total. The van der Waals surface area contributed by atoms with E-state index in [0.29, 0.717) is 6.61 Å². The van der Waals surface area contributed by atoms with E-state index < -0.39 is 0 Å². The van der Waals surface area contributed by atoms with Gasteiger partial charge in [0.05, 0.1) is 12.6 Å². The maximum atomic E-state index is 11.6. The third kappa shape index (κ3) is 5.42. The van der Waals surface area contributed by atoms with E-state index in [1.807, 2.05) is 57.2 Å². The third-order valence-corrected chi connectivity index (χ3v) is 2.60. The minimum Gasteiger partial charge on any atom is -0.494 e. The van der Waals surface area contributed by atoms with Gasteiger partial charge in [-0.2, -0.15) is 0 Å². The number of rotatable bonds is 6. The van der Waals surface area contributed by atoms with Gasteiger partial charge >= 0.3 is 0 Å². The third-order valence-electron chi connectivity index (χ3n) is 2.60. The lowest BCUT2D eigenvalue weighted by atomic mass is 10.1. The number of benzene rings is 1. The van der Waals surface area contributed by atoms with Crippen LogP contribution in [0.15, 0.2) is 48.6 Å². The van der Waals surface area contributed by atoms with Gasteiger partial charge in [-0.1, -0.05) is 30.4 Å². The molecule has 3 heteroatoms. The first-order valence-electron chi connectivity index (χ1n) is 6.50. The lowest BCUT2D eigenvalue weighted by Crippen LogP contribution is -2.24. The summed E-state index contributed by atoms with van der Waals surface area (Å²) in [5, 5.41) is 2.91. The van der Waals surface area contributed by atoms with Crippen LogP contribution in [-0.2, 0) is 4.79 Å². The van der Waals surface area contributed by atoms with E-state index >= 15 is 0 Å². The molecule has 3 nitrogen and oxygen atoms in total. The molecule has 1 atom stereocenters. The topological polar surface area (TPSA) is 38.3 Å². The number of carbonyl (C=O) groups is 1. The van der Waals surface area contributed by atoms with E-state index in [2.05, 4.69) is 5.32 Å². The Morgan fingerprint density at radius 3 is 2.58 bits per heavy atom. The van der Waals surface area contributed by atoms with Crippen LogP contribution in [0.2, 0.25) is 0 Å². The second-order valence-corrected chi connectivity index (χ2v) is 4.12. The Kier molecular flexibility index (Phi) is 6.44. The normalized spacial score (nSPS) is 12.8. The number of allylic oxidation sites excluding steroid dienone is 3. The molecule has 0 aromatic heterocycles. The minimum absolute atomic E-state index is 0.0292. The Hall–Kier alpha value is -2.03. The van der Waals surface area contributed by atoms with Crippen molar-refractivity contribution in [3.63, 3.8) is 0 Å². The molecule has 0 aliphatic rings. The summed E-state index contributed by atoms with van der Waals surface area (Å²) in [7, 11) is 0. The first-order chi connectivity index (χ1) is 9.17. The molecule has 1 rings (SSSR count). The highest BCUT2D eigenvalue weighted by atomic mass is 16.5. The van der Waals surface area contributed by atoms with E-state index in [-0.39, 0.29) is 11.9 Å². The average Bonchev–Trinajstić information content (AvgIpc) is 2.40. The fourth-order valence-corrected chi connectivity index (χ4v) is 1.62. The lowest BCUT2D eigenvalue weighted by Gasteiger charge is -2.13. The van der Waals surface area contributed by atoms with Crippen LogP contribution in [-0.4, -0.2) is 12.5 Å². The van der Waals surface area contributed by atoms with Crippen molar-refractivity contribution in [2.45, 2.75) is 26.8 Å². The van der Waals surface area contributed by atoms with Gasteiger partial charge in [0.2, 0.25) is 5.91 Å². The quantitative estimate of drug-likeness (QED) is 0.628. The van der Waals surface area contributed by atoms with Crippen molar-refractivity contribution in [1.29, 1.82) is 0 Å². The van der Waals surface area contributed by atoms with Crippen molar-refractivity contribution in [2.75, 3.05) is 6.61 Å². The average molecular weight is 259 g/mol. The molecule has 0 aliphatic heterocycles. The monoisotopic (exact) mass is 259 g/mol. The molecule has 0 aliphatic carbocycles. The number of amides is 1. The second kappa shape index (κ2) is 8.14. The molecular weight excluding hydrogens is 238 g/mol. The molecule has 0 radical (unpaired) electrons. The predicted molar refractivity (Wildman–Crippen MR) is 78.1 cm³/mol. The van der Waals surface area contributed by atoms with Gasteiger partial charge in [0.25, 0.3) is 0 Å². The van der Waals surface area contributed by atoms with Gasteiger partial charge in [-0.15, -0.1) is 0 Å².